The molecule has 0 fully saturated rings. The van der Waals surface area contributed by atoms with Crippen LogP contribution in [0.2, 0.25) is 0 Å². The van der Waals surface area contributed by atoms with Crippen LogP contribution in [0.5, 0.6) is 5.75 Å². The van der Waals surface area contributed by atoms with Crippen molar-refractivity contribution in [1.29, 1.82) is 0 Å². The monoisotopic (exact) mass is 328 g/mol. The molecule has 0 unspecified atom stereocenters. The van der Waals surface area contributed by atoms with Crippen LogP contribution in [-0.4, -0.2) is 25.0 Å². The standard InChI is InChI=1S/C18H17FN2O3/c1-2-21-15-8-7-14(10-16(15)24-11-18(21)23)20-17(22)9-12-3-5-13(19)6-4-12/h3-8,10H,2,9,11H2,1H3,(H,20,22). The van der Waals surface area contributed by atoms with Gasteiger partial charge in [0.05, 0.1) is 12.1 Å². The molecule has 0 atom stereocenters. The van der Waals surface area contributed by atoms with E-state index in [1.807, 2.05) is 6.92 Å². The number of hydrogen-bond acceptors (Lipinski definition) is 3. The highest BCUT2D eigenvalue weighted by molar-refractivity contribution is 5.99. The van der Waals surface area contributed by atoms with E-state index in [4.69, 9.17) is 4.74 Å². The van der Waals surface area contributed by atoms with Crippen molar-refractivity contribution >= 4 is 23.2 Å². The summed E-state index contributed by atoms with van der Waals surface area (Å²) in [5.41, 5.74) is 2.02. The number of carbonyl (C=O) groups is 2. The molecule has 1 aliphatic heterocycles. The summed E-state index contributed by atoms with van der Waals surface area (Å²) in [5, 5.41) is 2.78. The second-order valence-electron chi connectivity index (χ2n) is 5.46. The minimum atomic E-state index is -0.332. The second kappa shape index (κ2) is 6.70. The van der Waals surface area contributed by atoms with E-state index < -0.39 is 0 Å². The van der Waals surface area contributed by atoms with Crippen molar-refractivity contribution in [1.82, 2.24) is 0 Å². The van der Waals surface area contributed by atoms with Crippen LogP contribution in [0.1, 0.15) is 12.5 Å². The molecule has 0 bridgehead atoms. The number of anilines is 2. The zero-order chi connectivity index (χ0) is 17.1. The smallest absolute Gasteiger partial charge is 0.265 e. The number of likely N-dealkylation sites (N-methyl/N-ethyl adjacent to an activating group) is 1. The van der Waals surface area contributed by atoms with Gasteiger partial charge in [-0.2, -0.15) is 0 Å². The summed E-state index contributed by atoms with van der Waals surface area (Å²) in [5.74, 6) is -0.0593. The highest BCUT2D eigenvalue weighted by Crippen LogP contribution is 2.34. The normalized spacial score (nSPS) is 13.2. The summed E-state index contributed by atoms with van der Waals surface area (Å²) >= 11 is 0. The molecule has 124 valence electrons. The van der Waals surface area contributed by atoms with Gasteiger partial charge in [0.1, 0.15) is 11.6 Å². The van der Waals surface area contributed by atoms with E-state index in [9.17, 15) is 14.0 Å². The first-order valence-corrected chi connectivity index (χ1v) is 7.68. The van der Waals surface area contributed by atoms with E-state index in [1.165, 1.54) is 12.1 Å². The SMILES string of the molecule is CCN1C(=O)COc2cc(NC(=O)Cc3ccc(F)cc3)ccc21. The Balaban J connectivity index is 1.71. The minimum absolute atomic E-state index is 0.00613. The number of benzene rings is 2. The molecule has 0 saturated carbocycles. The van der Waals surface area contributed by atoms with Gasteiger partial charge >= 0.3 is 0 Å². The van der Waals surface area contributed by atoms with Crippen molar-refractivity contribution in [3.63, 3.8) is 0 Å². The number of fused-ring (bicyclic) bond motifs is 1. The van der Waals surface area contributed by atoms with Gasteiger partial charge in [0.25, 0.3) is 5.91 Å². The summed E-state index contributed by atoms with van der Waals surface area (Å²) in [6.45, 7) is 2.45. The predicted molar refractivity (Wildman–Crippen MR) is 88.7 cm³/mol. The van der Waals surface area contributed by atoms with E-state index in [0.717, 1.165) is 5.56 Å². The van der Waals surface area contributed by atoms with Crippen molar-refractivity contribution in [3.8, 4) is 5.75 Å². The van der Waals surface area contributed by atoms with E-state index in [0.29, 0.717) is 23.7 Å². The van der Waals surface area contributed by atoms with Gasteiger partial charge in [-0.15, -0.1) is 0 Å². The largest absolute Gasteiger partial charge is 0.481 e. The van der Waals surface area contributed by atoms with Crippen LogP contribution in [0.3, 0.4) is 0 Å². The Morgan fingerprint density at radius 2 is 2.00 bits per heavy atom. The van der Waals surface area contributed by atoms with Crippen LogP contribution in [0.4, 0.5) is 15.8 Å². The first kappa shape index (κ1) is 16.0. The third-order valence-electron chi connectivity index (χ3n) is 3.78. The Labute approximate surface area is 139 Å². The highest BCUT2D eigenvalue weighted by atomic mass is 19.1. The fourth-order valence-corrected chi connectivity index (χ4v) is 2.62. The molecule has 1 aliphatic rings. The average molecular weight is 328 g/mol. The fraction of sp³-hybridized carbons (Fsp3) is 0.222. The molecular weight excluding hydrogens is 311 g/mol. The second-order valence-corrected chi connectivity index (χ2v) is 5.46. The van der Waals surface area contributed by atoms with E-state index >= 15 is 0 Å². The van der Waals surface area contributed by atoms with Gasteiger partial charge < -0.3 is 15.0 Å². The molecule has 3 rings (SSSR count). The number of rotatable bonds is 4. The highest BCUT2D eigenvalue weighted by Gasteiger charge is 2.24. The molecule has 5 nitrogen and oxygen atoms in total. The average Bonchev–Trinajstić information content (AvgIpc) is 2.57. The lowest BCUT2D eigenvalue weighted by molar-refractivity contribution is -0.121. The van der Waals surface area contributed by atoms with Crippen LogP contribution in [-0.2, 0) is 16.0 Å². The third-order valence-corrected chi connectivity index (χ3v) is 3.78. The van der Waals surface area contributed by atoms with Crippen LogP contribution >= 0.6 is 0 Å². The van der Waals surface area contributed by atoms with Crippen molar-refractivity contribution in [2.45, 2.75) is 13.3 Å². The van der Waals surface area contributed by atoms with Gasteiger partial charge in [0.2, 0.25) is 5.91 Å². The molecule has 0 spiro atoms. The molecule has 0 aliphatic carbocycles. The maximum Gasteiger partial charge on any atom is 0.265 e. The van der Waals surface area contributed by atoms with Gasteiger partial charge in [-0.05, 0) is 36.8 Å². The zero-order valence-electron chi connectivity index (χ0n) is 13.2. The van der Waals surface area contributed by atoms with Crippen molar-refractivity contribution in [3.05, 3.63) is 53.8 Å². The van der Waals surface area contributed by atoms with Crippen LogP contribution in [0, 0.1) is 5.82 Å². The Morgan fingerprint density at radius 3 is 2.71 bits per heavy atom. The number of ether oxygens (including phenoxy) is 1. The maximum atomic E-state index is 12.9. The summed E-state index contributed by atoms with van der Waals surface area (Å²) in [6.07, 6.45) is 0.151. The molecule has 0 radical (unpaired) electrons. The van der Waals surface area contributed by atoms with Gasteiger partial charge in [-0.25, -0.2) is 4.39 Å². The lowest BCUT2D eigenvalue weighted by atomic mass is 10.1. The van der Waals surface area contributed by atoms with Crippen LogP contribution in [0.15, 0.2) is 42.5 Å². The molecule has 6 heteroatoms. The Kier molecular flexibility index (Phi) is 4.46. The maximum absolute atomic E-state index is 12.9. The van der Waals surface area contributed by atoms with Crippen molar-refractivity contribution in [2.24, 2.45) is 0 Å². The molecular formula is C18H17FN2O3. The van der Waals surface area contributed by atoms with E-state index in [2.05, 4.69) is 5.32 Å². The molecule has 2 amide bonds. The van der Waals surface area contributed by atoms with E-state index in [-0.39, 0.29) is 30.7 Å². The summed E-state index contributed by atoms with van der Waals surface area (Å²) in [7, 11) is 0. The van der Waals surface area contributed by atoms with Gasteiger partial charge in [-0.3, -0.25) is 9.59 Å². The quantitative estimate of drug-likeness (QED) is 0.939. The number of nitrogens with one attached hydrogen (secondary N) is 1. The summed E-state index contributed by atoms with van der Waals surface area (Å²) in [6, 6.07) is 11.0. The zero-order valence-corrected chi connectivity index (χ0v) is 13.2. The number of carbonyl (C=O) groups excluding carboxylic acids is 2. The summed E-state index contributed by atoms with van der Waals surface area (Å²) in [4.78, 5) is 25.5. The number of amides is 2. The lowest BCUT2D eigenvalue weighted by Crippen LogP contribution is -2.38. The van der Waals surface area contributed by atoms with E-state index in [1.54, 1.807) is 35.2 Å². The van der Waals surface area contributed by atoms with Crippen LogP contribution in [0.25, 0.3) is 0 Å². The van der Waals surface area contributed by atoms with Crippen LogP contribution < -0.4 is 15.0 Å². The Hall–Kier alpha value is -2.89. The fourth-order valence-electron chi connectivity index (χ4n) is 2.62. The molecule has 0 aromatic heterocycles. The van der Waals surface area contributed by atoms with Crippen molar-refractivity contribution < 1.29 is 18.7 Å². The number of halogens is 1. The first-order valence-electron chi connectivity index (χ1n) is 7.68. The molecule has 1 N–H and O–H groups in total. The number of nitrogens with zero attached hydrogens (tertiary/aromatic N) is 1. The third kappa shape index (κ3) is 3.37. The Bertz CT molecular complexity index is 774. The topological polar surface area (TPSA) is 58.6 Å². The Morgan fingerprint density at radius 1 is 1.25 bits per heavy atom. The molecule has 1 heterocycles. The summed E-state index contributed by atoms with van der Waals surface area (Å²) < 4.78 is 18.3. The molecule has 2 aromatic carbocycles. The first-order chi connectivity index (χ1) is 11.6. The van der Waals surface area contributed by atoms with Gasteiger partial charge in [-0.1, -0.05) is 12.1 Å². The predicted octanol–water partition coefficient (Wildman–Crippen LogP) is 2.75. The lowest BCUT2D eigenvalue weighted by Gasteiger charge is -2.28. The van der Waals surface area contributed by atoms with Crippen molar-refractivity contribution in [2.75, 3.05) is 23.4 Å². The minimum Gasteiger partial charge on any atom is -0.481 e. The van der Waals surface area contributed by atoms with Gasteiger partial charge in [0.15, 0.2) is 6.61 Å². The number of hydrogen-bond donors (Lipinski definition) is 1. The molecule has 0 saturated heterocycles. The van der Waals surface area contributed by atoms with Gasteiger partial charge in [0, 0.05) is 18.3 Å². The molecule has 2 aromatic rings. The molecule has 24 heavy (non-hydrogen) atoms.